The van der Waals surface area contributed by atoms with Crippen LogP contribution in [0.4, 0.5) is 15.8 Å². The van der Waals surface area contributed by atoms with Crippen molar-refractivity contribution in [1.82, 2.24) is 5.32 Å². The van der Waals surface area contributed by atoms with Gasteiger partial charge in [0, 0.05) is 35.1 Å². The van der Waals surface area contributed by atoms with Crippen LogP contribution in [0, 0.1) is 16.1 Å². The lowest BCUT2D eigenvalue weighted by molar-refractivity contribution is 0.0223. The Balaban J connectivity index is 0.00000249. The van der Waals surface area contributed by atoms with Gasteiger partial charge in [0.1, 0.15) is 5.82 Å². The van der Waals surface area contributed by atoms with Crippen molar-refractivity contribution >= 4 is 35.3 Å². The molecule has 0 radical (unpaired) electrons. The Morgan fingerprint density at radius 3 is 2.75 bits per heavy atom. The number of rotatable bonds is 14. The molecule has 5 N–H and O–H groups in total. The molecule has 0 bridgehead atoms. The second-order valence-electron chi connectivity index (χ2n) is 6.08. The molecule has 12 heteroatoms. The Labute approximate surface area is 190 Å². The molecule has 0 saturated carbocycles. The molecule has 10 nitrogen and oxygen atoms in total. The molecule has 1 atom stereocenters. The predicted octanol–water partition coefficient (Wildman–Crippen LogP) is 3.40. The maximum Gasteiger partial charge on any atom is 0.170 e. The maximum atomic E-state index is 14.5. The second-order valence-corrected chi connectivity index (χ2v) is 7.28. The minimum atomic E-state index is -0.829. The van der Waals surface area contributed by atoms with Crippen LogP contribution in [0.5, 0.6) is 0 Å². The van der Waals surface area contributed by atoms with Crippen LogP contribution in [0.1, 0.15) is 23.6 Å². The molecule has 2 aromatic rings. The van der Waals surface area contributed by atoms with Crippen LogP contribution in [0.25, 0.3) is 0 Å². The number of aliphatic hydroxyl groups is 1. The van der Waals surface area contributed by atoms with E-state index in [-0.39, 0.29) is 12.2 Å². The quantitative estimate of drug-likeness (QED) is 0.0714. The maximum absolute atomic E-state index is 14.5. The Kier molecular flexibility index (Phi) is 13.2. The standard InChI is InChI=1S/C18H23FN6O4S.C2H6/c19-17-7-13(22-8-14(11-26)29-24-28)1-4-18(17)25(12-20)6-5-21-9-15-2-3-16(30-15)10-23-27;1-2/h1-4,7,10,12,14,20-22,26-27H,5-6,8-9,11H2;1-2H3/b20-12?,23-10+;. The number of halogens is 1. The van der Waals surface area contributed by atoms with Crippen molar-refractivity contribution in [2.75, 3.05) is 36.5 Å². The van der Waals surface area contributed by atoms with Crippen LogP contribution in [0.15, 0.2) is 40.8 Å². The minimum Gasteiger partial charge on any atom is -0.411 e. The fourth-order valence-electron chi connectivity index (χ4n) is 2.56. The van der Waals surface area contributed by atoms with Gasteiger partial charge in [0.25, 0.3) is 0 Å². The summed E-state index contributed by atoms with van der Waals surface area (Å²) in [5.41, 5.74) is 0.687. The number of aliphatic hydroxyl groups excluding tert-OH is 1. The van der Waals surface area contributed by atoms with E-state index in [0.29, 0.717) is 25.3 Å². The van der Waals surface area contributed by atoms with Crippen LogP contribution < -0.4 is 15.5 Å². The summed E-state index contributed by atoms with van der Waals surface area (Å²) < 4.78 is 14.5. The molecule has 32 heavy (non-hydrogen) atoms. The Morgan fingerprint density at radius 2 is 2.12 bits per heavy atom. The number of nitrogens with one attached hydrogen (secondary N) is 3. The van der Waals surface area contributed by atoms with E-state index >= 15 is 0 Å². The van der Waals surface area contributed by atoms with Crippen molar-refractivity contribution in [1.29, 1.82) is 5.41 Å². The molecule has 1 unspecified atom stereocenters. The van der Waals surface area contributed by atoms with Crippen LogP contribution in [-0.4, -0.2) is 55.2 Å². The van der Waals surface area contributed by atoms with Gasteiger partial charge in [0.15, 0.2) is 11.4 Å². The molecular weight excluding hydrogens is 439 g/mol. The molecule has 2 rings (SSSR count). The van der Waals surface area contributed by atoms with Gasteiger partial charge in [-0.3, -0.25) is 5.41 Å². The smallest absolute Gasteiger partial charge is 0.170 e. The molecule has 0 aliphatic rings. The number of benzene rings is 1. The highest BCUT2D eigenvalue weighted by atomic mass is 32.1. The van der Waals surface area contributed by atoms with Crippen LogP contribution in [0.2, 0.25) is 0 Å². The summed E-state index contributed by atoms with van der Waals surface area (Å²) in [6, 6.07) is 8.20. The van der Waals surface area contributed by atoms with Crippen molar-refractivity contribution in [3.8, 4) is 0 Å². The van der Waals surface area contributed by atoms with Crippen molar-refractivity contribution in [3.63, 3.8) is 0 Å². The first kappa shape index (κ1) is 26.9. The summed E-state index contributed by atoms with van der Waals surface area (Å²) >= 11 is 1.49. The van der Waals surface area contributed by atoms with Crippen LogP contribution >= 0.6 is 11.3 Å². The molecule has 0 spiro atoms. The number of nitrogens with zero attached hydrogens (tertiary/aromatic N) is 3. The number of hydrogen-bond donors (Lipinski definition) is 5. The van der Waals surface area contributed by atoms with E-state index in [4.69, 9.17) is 15.7 Å². The lowest BCUT2D eigenvalue weighted by Crippen LogP contribution is -2.31. The number of oxime groups is 1. The average Bonchev–Trinajstić information content (AvgIpc) is 3.26. The van der Waals surface area contributed by atoms with Gasteiger partial charge in [-0.25, -0.2) is 4.39 Å². The molecule has 176 valence electrons. The van der Waals surface area contributed by atoms with E-state index < -0.39 is 18.5 Å². The Bertz CT molecular complexity index is 851. The first-order valence-electron chi connectivity index (χ1n) is 9.98. The number of thiophene rings is 1. The zero-order chi connectivity index (χ0) is 23.8. The fraction of sp³-hybridized carbons (Fsp3) is 0.400. The van der Waals surface area contributed by atoms with Gasteiger partial charge in [-0.15, -0.1) is 16.2 Å². The molecule has 0 fully saturated rings. The highest BCUT2D eigenvalue weighted by Crippen LogP contribution is 2.22. The highest BCUT2D eigenvalue weighted by molar-refractivity contribution is 7.13. The predicted molar refractivity (Wildman–Crippen MR) is 126 cm³/mol. The summed E-state index contributed by atoms with van der Waals surface area (Å²) in [6.07, 6.45) is 1.59. The van der Waals surface area contributed by atoms with Crippen molar-refractivity contribution in [2.45, 2.75) is 26.5 Å². The van der Waals surface area contributed by atoms with Crippen molar-refractivity contribution in [3.05, 3.63) is 50.8 Å². The largest absolute Gasteiger partial charge is 0.411 e. The van der Waals surface area contributed by atoms with Gasteiger partial charge in [-0.1, -0.05) is 19.0 Å². The molecule has 0 aliphatic carbocycles. The summed E-state index contributed by atoms with van der Waals surface area (Å²) in [6.45, 7) is 5.17. The molecular formula is C20H29FN6O4S. The van der Waals surface area contributed by atoms with Gasteiger partial charge in [0.05, 0.1) is 31.4 Å². The summed E-state index contributed by atoms with van der Waals surface area (Å²) in [5.74, 6) is -0.523. The van der Waals surface area contributed by atoms with Gasteiger partial charge < -0.3 is 30.7 Å². The summed E-state index contributed by atoms with van der Waals surface area (Å²) in [7, 11) is 0. The lowest BCUT2D eigenvalue weighted by atomic mass is 10.2. The highest BCUT2D eigenvalue weighted by Gasteiger charge is 2.12. The van der Waals surface area contributed by atoms with Gasteiger partial charge in [-0.05, 0) is 30.3 Å². The molecule has 1 aromatic carbocycles. The van der Waals surface area contributed by atoms with Crippen molar-refractivity contribution in [2.24, 2.45) is 10.5 Å². The van der Waals surface area contributed by atoms with E-state index in [9.17, 15) is 9.30 Å². The third-order valence-electron chi connectivity index (χ3n) is 4.04. The molecule has 1 heterocycles. The third-order valence-corrected chi connectivity index (χ3v) is 5.06. The first-order chi connectivity index (χ1) is 15.6. The van der Waals surface area contributed by atoms with E-state index in [1.807, 2.05) is 26.0 Å². The van der Waals surface area contributed by atoms with E-state index in [1.54, 1.807) is 6.07 Å². The molecule has 0 saturated heterocycles. The SMILES string of the molecule is CC.N=CN(CCNCc1ccc(/C=N/O)s1)c1ccc(NCC(CO)ON=O)cc1F. The van der Waals surface area contributed by atoms with Gasteiger partial charge in [0.2, 0.25) is 0 Å². The van der Waals surface area contributed by atoms with Gasteiger partial charge >= 0.3 is 0 Å². The summed E-state index contributed by atoms with van der Waals surface area (Å²) in [5, 5.41) is 36.5. The average molecular weight is 469 g/mol. The molecule has 0 amide bonds. The number of anilines is 2. The third kappa shape index (κ3) is 8.96. The van der Waals surface area contributed by atoms with Crippen LogP contribution in [-0.2, 0) is 11.4 Å². The molecule has 1 aromatic heterocycles. The Morgan fingerprint density at radius 1 is 1.34 bits per heavy atom. The van der Waals surface area contributed by atoms with Crippen LogP contribution in [0.3, 0.4) is 0 Å². The zero-order valence-electron chi connectivity index (χ0n) is 18.0. The Hall–Kier alpha value is -3.09. The fourth-order valence-corrected chi connectivity index (χ4v) is 3.41. The topological polar surface area (TPSA) is 143 Å². The van der Waals surface area contributed by atoms with E-state index in [1.165, 1.54) is 34.6 Å². The second kappa shape index (κ2) is 15.7. The van der Waals surface area contributed by atoms with E-state index in [0.717, 1.165) is 16.1 Å². The van der Waals surface area contributed by atoms with E-state index in [2.05, 4.69) is 26.0 Å². The monoisotopic (exact) mass is 468 g/mol. The first-order valence-corrected chi connectivity index (χ1v) is 10.8. The number of hydrogen-bond acceptors (Lipinski definition) is 10. The lowest BCUT2D eigenvalue weighted by Gasteiger charge is -2.21. The normalized spacial score (nSPS) is 11.4. The molecule has 0 aliphatic heterocycles. The zero-order valence-corrected chi connectivity index (χ0v) is 18.8. The van der Waals surface area contributed by atoms with Gasteiger partial charge in [-0.2, -0.15) is 0 Å². The summed E-state index contributed by atoms with van der Waals surface area (Å²) in [4.78, 5) is 17.9. The minimum absolute atomic E-state index is 0.0772. The van der Waals surface area contributed by atoms with Crippen molar-refractivity contribution < 1.29 is 19.5 Å².